The molecule has 0 fully saturated rings. The van der Waals surface area contributed by atoms with Crippen molar-refractivity contribution in [3.8, 4) is 89.0 Å². The first-order chi connectivity index (χ1) is 38.7. The van der Waals surface area contributed by atoms with Gasteiger partial charge in [-0.1, -0.05) is 225 Å². The highest BCUT2D eigenvalue weighted by molar-refractivity contribution is 6.35. The molecule has 0 nitrogen and oxygen atoms in total. The van der Waals surface area contributed by atoms with Crippen LogP contribution >= 0.6 is 0 Å². The summed E-state index contributed by atoms with van der Waals surface area (Å²) < 4.78 is 0. The summed E-state index contributed by atoms with van der Waals surface area (Å²) in [6, 6.07) is 85.2. The van der Waals surface area contributed by atoms with Crippen LogP contribution in [0.5, 0.6) is 0 Å². The van der Waals surface area contributed by atoms with Crippen LogP contribution in [0.2, 0.25) is 0 Å². The maximum atomic E-state index is 2.57. The van der Waals surface area contributed by atoms with Crippen LogP contribution in [0.25, 0.3) is 132 Å². The molecular formula is C80H60. The van der Waals surface area contributed by atoms with Gasteiger partial charge in [-0.15, -0.1) is 0 Å². The summed E-state index contributed by atoms with van der Waals surface area (Å²) in [5, 5.41) is 10.3. The van der Waals surface area contributed by atoms with Crippen molar-refractivity contribution in [1.29, 1.82) is 0 Å². The van der Waals surface area contributed by atoms with E-state index in [-0.39, 0.29) is 21.7 Å². The van der Waals surface area contributed by atoms with Crippen LogP contribution in [-0.2, 0) is 21.7 Å². The standard InChI is InChI=1S/C80H60/c1-77(2)63-29-13-9-21-55(63)73-51(25-17-33-67(73)77)45-37-49-38-46(52-26-18-34-68-74(52)56-22-10-14-30-64(56)78(68,3)4)43-61-62-44-48(54-28-20-36-70-76(54)58-24-12-16-32-66(58)80(70,7)8)40-50-39-47(42-60(72(50)62)59(41-45)71(49)61)53-27-19-35-69-75(53)57-23-11-15-31-65(57)79(69,5)6/h9-44H,1-8H3. The zero-order chi connectivity index (χ0) is 53.9. The van der Waals surface area contributed by atoms with Gasteiger partial charge in [0, 0.05) is 21.7 Å². The predicted molar refractivity (Wildman–Crippen MR) is 340 cm³/mol. The lowest BCUT2D eigenvalue weighted by atomic mass is 9.80. The van der Waals surface area contributed by atoms with Gasteiger partial charge in [-0.3, -0.25) is 0 Å². The summed E-state index contributed by atoms with van der Waals surface area (Å²) in [5.41, 5.74) is 31.6. The second kappa shape index (κ2) is 15.5. The van der Waals surface area contributed by atoms with Crippen LogP contribution in [0.1, 0.15) is 99.9 Å². The first-order valence-corrected chi connectivity index (χ1v) is 28.9. The highest BCUT2D eigenvalue weighted by Gasteiger charge is 2.41. The van der Waals surface area contributed by atoms with E-state index < -0.39 is 0 Å². The van der Waals surface area contributed by atoms with Gasteiger partial charge >= 0.3 is 0 Å². The average Bonchev–Trinajstić information content (AvgIpc) is 3.58. The third-order valence-corrected chi connectivity index (χ3v) is 20.4. The lowest BCUT2D eigenvalue weighted by Crippen LogP contribution is -2.14. The molecule has 4 aliphatic carbocycles. The SMILES string of the molecule is CC1(C)c2ccccc2-c2c(-c3cc4cc(-c5cccc6c5-c5ccccc5C6(C)C)cc5c6cc(-c7cccc8c7-c7ccccc7C8(C)C)cc7cc(-c8cccc9c8-c8ccccc8C9(C)C)cc(c(c3)c45)c76)cccc21. The highest BCUT2D eigenvalue weighted by atomic mass is 14.4. The molecule has 0 heteroatoms. The summed E-state index contributed by atoms with van der Waals surface area (Å²) in [4.78, 5) is 0. The third kappa shape index (κ3) is 5.81. The molecule has 0 amide bonds. The van der Waals surface area contributed by atoms with Crippen LogP contribution in [0.15, 0.2) is 218 Å². The van der Waals surface area contributed by atoms with E-state index in [0.717, 1.165) is 0 Å². The second-order valence-corrected chi connectivity index (χ2v) is 25.9. The van der Waals surface area contributed by atoms with E-state index in [2.05, 4.69) is 274 Å². The van der Waals surface area contributed by atoms with Gasteiger partial charge in [0.15, 0.2) is 0 Å². The smallest absolute Gasteiger partial charge is 0.0159 e. The van der Waals surface area contributed by atoms with Crippen molar-refractivity contribution in [1.82, 2.24) is 0 Å². The molecule has 0 saturated heterocycles. The minimum atomic E-state index is -0.123. The zero-order valence-corrected chi connectivity index (χ0v) is 46.8. The Kier molecular flexibility index (Phi) is 8.93. The Morgan fingerprint density at radius 1 is 0.200 bits per heavy atom. The predicted octanol–water partition coefficient (Wildman–Crippen LogP) is 21.6. The van der Waals surface area contributed by atoms with Crippen molar-refractivity contribution >= 4 is 43.1 Å². The van der Waals surface area contributed by atoms with E-state index in [1.54, 1.807) is 0 Å². The molecule has 13 aromatic rings. The van der Waals surface area contributed by atoms with Crippen LogP contribution in [0, 0.1) is 0 Å². The molecule has 13 aromatic carbocycles. The van der Waals surface area contributed by atoms with Crippen LogP contribution < -0.4 is 0 Å². The summed E-state index contributed by atoms with van der Waals surface area (Å²) >= 11 is 0. The number of hydrogen-bond acceptors (Lipinski definition) is 0. The van der Waals surface area contributed by atoms with Crippen molar-refractivity contribution in [3.63, 3.8) is 0 Å². The van der Waals surface area contributed by atoms with E-state index in [0.29, 0.717) is 0 Å². The first-order valence-electron chi connectivity index (χ1n) is 28.9. The molecule has 0 aromatic heterocycles. The molecule has 0 atom stereocenters. The number of fused-ring (bicyclic) bond motifs is 14. The molecule has 0 N–H and O–H groups in total. The molecule has 80 heavy (non-hydrogen) atoms. The van der Waals surface area contributed by atoms with Gasteiger partial charge < -0.3 is 0 Å². The Morgan fingerprint density at radius 3 is 0.637 bits per heavy atom. The van der Waals surface area contributed by atoms with Crippen molar-refractivity contribution in [2.24, 2.45) is 0 Å². The Balaban J connectivity index is 1.04. The van der Waals surface area contributed by atoms with E-state index in [1.807, 2.05) is 0 Å². The molecular weight excluding hydrogens is 961 g/mol. The van der Waals surface area contributed by atoms with Crippen LogP contribution in [0.4, 0.5) is 0 Å². The highest BCUT2D eigenvalue weighted by Crippen LogP contribution is 2.59. The maximum Gasteiger partial charge on any atom is 0.0159 e. The molecule has 0 bridgehead atoms. The molecule has 0 saturated carbocycles. The summed E-state index contributed by atoms with van der Waals surface area (Å²) in [6.45, 7) is 19.2. The van der Waals surface area contributed by atoms with Gasteiger partial charge in [0.2, 0.25) is 0 Å². The van der Waals surface area contributed by atoms with Gasteiger partial charge in [0.1, 0.15) is 0 Å². The average molecular weight is 1020 g/mol. The van der Waals surface area contributed by atoms with Crippen molar-refractivity contribution in [2.45, 2.75) is 77.0 Å². The summed E-state index contributed by atoms with van der Waals surface area (Å²) in [6.07, 6.45) is 0. The molecule has 0 radical (unpaired) electrons. The minimum Gasteiger partial charge on any atom is -0.0619 e. The van der Waals surface area contributed by atoms with Gasteiger partial charge in [-0.2, -0.15) is 0 Å². The van der Waals surface area contributed by atoms with Crippen LogP contribution in [0.3, 0.4) is 0 Å². The molecule has 0 aliphatic heterocycles. The van der Waals surface area contributed by atoms with Crippen molar-refractivity contribution < 1.29 is 0 Å². The van der Waals surface area contributed by atoms with Gasteiger partial charge in [0.25, 0.3) is 0 Å². The maximum absolute atomic E-state index is 2.57. The zero-order valence-electron chi connectivity index (χ0n) is 46.8. The molecule has 0 unspecified atom stereocenters. The topological polar surface area (TPSA) is 0 Å². The molecule has 0 spiro atoms. The minimum absolute atomic E-state index is 0.123. The lowest BCUT2D eigenvalue weighted by Gasteiger charge is -2.23. The lowest BCUT2D eigenvalue weighted by molar-refractivity contribution is 0.660. The fourth-order valence-electron chi connectivity index (χ4n) is 16.5. The van der Waals surface area contributed by atoms with E-state index in [9.17, 15) is 0 Å². The summed E-state index contributed by atoms with van der Waals surface area (Å²) in [7, 11) is 0. The van der Waals surface area contributed by atoms with Crippen LogP contribution in [-0.4, -0.2) is 0 Å². The van der Waals surface area contributed by atoms with Crippen molar-refractivity contribution in [3.05, 3.63) is 263 Å². The Hall–Kier alpha value is -8.84. The van der Waals surface area contributed by atoms with Gasteiger partial charge in [0.05, 0.1) is 0 Å². The van der Waals surface area contributed by atoms with Crippen molar-refractivity contribution in [2.75, 3.05) is 0 Å². The second-order valence-electron chi connectivity index (χ2n) is 25.9. The monoisotopic (exact) mass is 1020 g/mol. The number of benzene rings is 13. The fraction of sp³-hybridized carbons (Fsp3) is 0.150. The third-order valence-electron chi connectivity index (χ3n) is 20.4. The molecule has 17 rings (SSSR count). The number of hydrogen-bond donors (Lipinski definition) is 0. The summed E-state index contributed by atoms with van der Waals surface area (Å²) in [5.74, 6) is 0. The fourth-order valence-corrected chi connectivity index (χ4v) is 16.5. The first kappa shape index (κ1) is 46.1. The van der Waals surface area contributed by atoms with E-state index in [1.165, 1.54) is 177 Å². The molecule has 380 valence electrons. The number of rotatable bonds is 4. The quantitative estimate of drug-likeness (QED) is 0.122. The molecule has 4 aliphatic rings. The van der Waals surface area contributed by atoms with Gasteiger partial charge in [-0.25, -0.2) is 0 Å². The Morgan fingerprint density at radius 2 is 0.400 bits per heavy atom. The Bertz CT molecular complexity index is 4320. The van der Waals surface area contributed by atoms with E-state index >= 15 is 0 Å². The van der Waals surface area contributed by atoms with Gasteiger partial charge in [-0.05, 0) is 225 Å². The van der Waals surface area contributed by atoms with E-state index in [4.69, 9.17) is 0 Å². The largest absolute Gasteiger partial charge is 0.0619 e. The Labute approximate surface area is 469 Å². The normalized spacial score (nSPS) is 15.9. The molecule has 0 heterocycles.